The van der Waals surface area contributed by atoms with Crippen LogP contribution in [0.25, 0.3) is 0 Å². The minimum absolute atomic E-state index is 0.0404. The molecule has 0 saturated heterocycles. The van der Waals surface area contributed by atoms with Crippen LogP contribution in [0, 0.1) is 28.9 Å². The molecule has 1 heterocycles. The molecule has 1 aromatic rings. The smallest absolute Gasteiger partial charge is 0.352 e. The van der Waals surface area contributed by atoms with Gasteiger partial charge in [0.2, 0.25) is 5.95 Å². The van der Waals surface area contributed by atoms with Crippen molar-refractivity contribution < 1.29 is 9.66 Å². The largest absolute Gasteiger partial charge is 0.472 e. The molecule has 1 aliphatic carbocycles. The Kier molecular flexibility index (Phi) is 4.72. The summed E-state index contributed by atoms with van der Waals surface area (Å²) >= 11 is 0. The maximum atomic E-state index is 11.2. The Bertz CT molecular complexity index is 559. The van der Waals surface area contributed by atoms with Crippen LogP contribution in [-0.2, 0) is 0 Å². The topological polar surface area (TPSA) is 90.2 Å². The van der Waals surface area contributed by atoms with E-state index < -0.39 is 4.92 Å². The van der Waals surface area contributed by atoms with Crippen molar-refractivity contribution >= 4 is 11.6 Å². The van der Waals surface area contributed by atoms with Gasteiger partial charge in [-0.15, -0.1) is 0 Å². The Morgan fingerprint density at radius 2 is 2.14 bits per heavy atom. The molecule has 2 atom stereocenters. The molecule has 0 saturated carbocycles. The zero-order valence-electron chi connectivity index (χ0n) is 12.5. The van der Waals surface area contributed by atoms with E-state index in [1.807, 2.05) is 0 Å². The van der Waals surface area contributed by atoms with Gasteiger partial charge in [-0.25, -0.2) is 4.98 Å². The van der Waals surface area contributed by atoms with Gasteiger partial charge in [0.1, 0.15) is 5.69 Å². The molecule has 114 valence electrons. The Morgan fingerprint density at radius 3 is 2.76 bits per heavy atom. The van der Waals surface area contributed by atoms with E-state index in [-0.39, 0.29) is 11.6 Å². The molecule has 2 rings (SSSR count). The van der Waals surface area contributed by atoms with Gasteiger partial charge >= 0.3 is 5.69 Å². The van der Waals surface area contributed by atoms with Gasteiger partial charge in [-0.05, 0) is 31.6 Å². The molecule has 2 unspecified atom stereocenters. The normalized spacial score (nSPS) is 21.1. The molecule has 0 fully saturated rings. The second kappa shape index (κ2) is 6.51. The minimum atomic E-state index is -0.492. The average molecular weight is 292 g/mol. The number of allylic oxidation sites excluding steroid dienone is 2. The van der Waals surface area contributed by atoms with Gasteiger partial charge in [0, 0.05) is 7.05 Å². The van der Waals surface area contributed by atoms with Crippen molar-refractivity contribution in [2.75, 3.05) is 19.0 Å². The highest BCUT2D eigenvalue weighted by Crippen LogP contribution is 2.31. The molecular formula is C14H20N4O3. The molecule has 1 aliphatic rings. The second-order valence-corrected chi connectivity index (χ2v) is 5.28. The van der Waals surface area contributed by atoms with E-state index in [1.165, 1.54) is 0 Å². The molecule has 0 bridgehead atoms. The molecule has 7 heteroatoms. The van der Waals surface area contributed by atoms with E-state index in [9.17, 15) is 10.1 Å². The summed E-state index contributed by atoms with van der Waals surface area (Å²) in [4.78, 5) is 18.8. The van der Waals surface area contributed by atoms with Crippen LogP contribution in [0.15, 0.2) is 12.2 Å². The summed E-state index contributed by atoms with van der Waals surface area (Å²) < 4.78 is 5.66. The van der Waals surface area contributed by atoms with Crippen molar-refractivity contribution in [3.8, 4) is 5.88 Å². The van der Waals surface area contributed by atoms with Gasteiger partial charge in [0.25, 0.3) is 5.88 Å². The van der Waals surface area contributed by atoms with Crippen molar-refractivity contribution in [2.45, 2.75) is 26.7 Å². The van der Waals surface area contributed by atoms with Crippen molar-refractivity contribution in [1.82, 2.24) is 9.97 Å². The highest BCUT2D eigenvalue weighted by Gasteiger charge is 2.26. The third-order valence-electron chi connectivity index (χ3n) is 3.78. The van der Waals surface area contributed by atoms with Crippen LogP contribution in [0.1, 0.15) is 25.5 Å². The quantitative estimate of drug-likeness (QED) is 0.510. The second-order valence-electron chi connectivity index (χ2n) is 5.28. The lowest BCUT2D eigenvalue weighted by atomic mass is 9.85. The van der Waals surface area contributed by atoms with Crippen LogP contribution in [0.2, 0.25) is 0 Å². The zero-order valence-corrected chi connectivity index (χ0v) is 12.5. The van der Waals surface area contributed by atoms with Gasteiger partial charge < -0.3 is 10.1 Å². The summed E-state index contributed by atoms with van der Waals surface area (Å²) in [5, 5.41) is 14.0. The van der Waals surface area contributed by atoms with Crippen LogP contribution >= 0.6 is 0 Å². The first-order valence-corrected chi connectivity index (χ1v) is 7.01. The van der Waals surface area contributed by atoms with Gasteiger partial charge in [-0.2, -0.15) is 4.98 Å². The van der Waals surface area contributed by atoms with Crippen LogP contribution < -0.4 is 10.1 Å². The van der Waals surface area contributed by atoms with Crippen LogP contribution in [-0.4, -0.2) is 28.5 Å². The van der Waals surface area contributed by atoms with Crippen LogP contribution in [0.4, 0.5) is 11.6 Å². The summed E-state index contributed by atoms with van der Waals surface area (Å²) in [6.07, 6.45) is 6.24. The fraction of sp³-hybridized carbons (Fsp3) is 0.571. The number of hydrogen-bond donors (Lipinski definition) is 1. The number of nitrogens with one attached hydrogen (secondary N) is 1. The average Bonchev–Trinajstić information content (AvgIpc) is 2.45. The number of ether oxygens (including phenoxy) is 1. The van der Waals surface area contributed by atoms with Crippen molar-refractivity contribution in [3.63, 3.8) is 0 Å². The minimum Gasteiger partial charge on any atom is -0.472 e. The highest BCUT2D eigenvalue weighted by atomic mass is 16.6. The van der Waals surface area contributed by atoms with Crippen LogP contribution in [0.3, 0.4) is 0 Å². The number of nitro groups is 1. The molecular weight excluding hydrogens is 272 g/mol. The number of anilines is 1. The van der Waals surface area contributed by atoms with Gasteiger partial charge in [0.15, 0.2) is 0 Å². The zero-order chi connectivity index (χ0) is 15.4. The van der Waals surface area contributed by atoms with Crippen molar-refractivity contribution in [3.05, 3.63) is 28.0 Å². The summed E-state index contributed by atoms with van der Waals surface area (Å²) in [5.41, 5.74) is 0.138. The SMILES string of the molecule is CNc1nc(C)c([N+](=O)[O-])c(OCC2CC=CCC2C)n1. The van der Waals surface area contributed by atoms with Crippen molar-refractivity contribution in [1.29, 1.82) is 0 Å². The first-order chi connectivity index (χ1) is 10.0. The van der Waals surface area contributed by atoms with Gasteiger partial charge in [-0.3, -0.25) is 10.1 Å². The van der Waals surface area contributed by atoms with E-state index in [0.717, 1.165) is 12.8 Å². The summed E-state index contributed by atoms with van der Waals surface area (Å²) in [7, 11) is 1.67. The number of aromatic nitrogens is 2. The molecule has 0 aromatic carbocycles. The monoisotopic (exact) mass is 292 g/mol. The number of hydrogen-bond acceptors (Lipinski definition) is 6. The number of rotatable bonds is 5. The summed E-state index contributed by atoms with van der Waals surface area (Å²) in [6.45, 7) is 4.17. The van der Waals surface area contributed by atoms with E-state index in [4.69, 9.17) is 4.74 Å². The van der Waals surface area contributed by atoms with E-state index >= 15 is 0 Å². The Hall–Kier alpha value is -2.18. The first-order valence-electron chi connectivity index (χ1n) is 7.01. The third-order valence-corrected chi connectivity index (χ3v) is 3.78. The lowest BCUT2D eigenvalue weighted by Crippen LogP contribution is -2.22. The standard InChI is InChI=1S/C14H20N4O3/c1-9-6-4-5-7-11(9)8-21-13-12(18(19)20)10(2)16-14(15-3)17-13/h4-5,9,11H,6-8H2,1-3H3,(H,15,16,17). The highest BCUT2D eigenvalue weighted by molar-refractivity contribution is 5.48. The lowest BCUT2D eigenvalue weighted by molar-refractivity contribution is -0.387. The van der Waals surface area contributed by atoms with Gasteiger partial charge in [-0.1, -0.05) is 19.1 Å². The molecule has 0 amide bonds. The predicted molar refractivity (Wildman–Crippen MR) is 79.5 cm³/mol. The Labute approximate surface area is 123 Å². The fourth-order valence-corrected chi connectivity index (χ4v) is 2.39. The predicted octanol–water partition coefficient (Wildman–Crippen LogP) is 2.72. The fourth-order valence-electron chi connectivity index (χ4n) is 2.39. The molecule has 21 heavy (non-hydrogen) atoms. The van der Waals surface area contributed by atoms with Gasteiger partial charge in [0.05, 0.1) is 11.5 Å². The van der Waals surface area contributed by atoms with Crippen LogP contribution in [0.5, 0.6) is 5.88 Å². The molecule has 1 N–H and O–H groups in total. The molecule has 1 aromatic heterocycles. The van der Waals surface area contributed by atoms with Crippen molar-refractivity contribution in [2.24, 2.45) is 11.8 Å². The van der Waals surface area contributed by atoms with E-state index in [0.29, 0.717) is 30.1 Å². The molecule has 7 nitrogen and oxygen atoms in total. The summed E-state index contributed by atoms with van der Waals surface area (Å²) in [5.74, 6) is 1.21. The molecule has 0 aliphatic heterocycles. The van der Waals surface area contributed by atoms with E-state index in [1.54, 1.807) is 14.0 Å². The number of nitrogens with zero attached hydrogens (tertiary/aromatic N) is 3. The first kappa shape index (κ1) is 15.2. The third kappa shape index (κ3) is 3.48. The summed E-state index contributed by atoms with van der Waals surface area (Å²) in [6, 6.07) is 0. The molecule has 0 radical (unpaired) electrons. The van der Waals surface area contributed by atoms with E-state index in [2.05, 4.69) is 34.4 Å². The number of aryl methyl sites for hydroxylation is 1. The Balaban J connectivity index is 2.19. The Morgan fingerprint density at radius 1 is 1.43 bits per heavy atom. The molecule has 0 spiro atoms. The lowest BCUT2D eigenvalue weighted by Gasteiger charge is -2.24. The maximum Gasteiger partial charge on any atom is 0.352 e. The maximum absolute atomic E-state index is 11.2.